The molecule has 0 unspecified atom stereocenters. The van der Waals surface area contributed by atoms with Crippen molar-refractivity contribution in [3.05, 3.63) is 59.4 Å². The van der Waals surface area contributed by atoms with Crippen LogP contribution in [0.4, 0.5) is 11.5 Å². The molecule has 30 heavy (non-hydrogen) atoms. The number of aromatic nitrogens is 2. The van der Waals surface area contributed by atoms with E-state index in [1.165, 1.54) is 17.5 Å². The van der Waals surface area contributed by atoms with Gasteiger partial charge in [0.05, 0.1) is 29.2 Å². The molecule has 0 aliphatic heterocycles. The van der Waals surface area contributed by atoms with Gasteiger partial charge in [0.15, 0.2) is 0 Å². The molecule has 7 heteroatoms. The maximum Gasteiger partial charge on any atom is 0.227 e. The summed E-state index contributed by atoms with van der Waals surface area (Å²) in [6.07, 6.45) is 3.21. The summed E-state index contributed by atoms with van der Waals surface area (Å²) in [5.74, 6) is 0.504. The fourth-order valence-corrected chi connectivity index (χ4v) is 3.83. The smallest absolute Gasteiger partial charge is 0.227 e. The van der Waals surface area contributed by atoms with Gasteiger partial charge in [-0.1, -0.05) is 6.07 Å². The molecule has 0 saturated heterocycles. The highest BCUT2D eigenvalue weighted by molar-refractivity contribution is 5.91. The van der Waals surface area contributed by atoms with Crippen molar-refractivity contribution in [2.45, 2.75) is 44.8 Å². The first-order valence-electron chi connectivity index (χ1n) is 9.86. The number of nitriles is 1. The molecule has 0 spiro atoms. The van der Waals surface area contributed by atoms with Crippen molar-refractivity contribution in [2.24, 2.45) is 0 Å². The lowest BCUT2D eigenvalue weighted by molar-refractivity contribution is -0.119. The lowest BCUT2D eigenvalue weighted by Gasteiger charge is -2.16. The molecule has 1 aromatic heterocycles. The van der Waals surface area contributed by atoms with Crippen LogP contribution in [0.5, 0.6) is 0 Å². The quantitative estimate of drug-likeness (QED) is 0.606. The van der Waals surface area contributed by atoms with Crippen LogP contribution in [-0.2, 0) is 17.6 Å². The second-order valence-corrected chi connectivity index (χ2v) is 8.34. The van der Waals surface area contributed by atoms with Gasteiger partial charge in [-0.2, -0.15) is 5.26 Å². The average molecular weight is 401 g/mol. The molecule has 7 nitrogen and oxygen atoms in total. The van der Waals surface area contributed by atoms with Crippen LogP contribution in [0.25, 0.3) is 10.9 Å². The fraction of sp³-hybridized carbons (Fsp3) is 0.304. The van der Waals surface area contributed by atoms with E-state index < -0.39 is 5.60 Å². The van der Waals surface area contributed by atoms with Crippen molar-refractivity contribution in [1.29, 1.82) is 5.26 Å². The largest absolute Gasteiger partial charge is 0.390 e. The maximum absolute atomic E-state index is 12.1. The zero-order chi connectivity index (χ0) is 21.3. The number of aliphatic hydroxyl groups is 1. The molecule has 0 saturated carbocycles. The van der Waals surface area contributed by atoms with Gasteiger partial charge in [0.2, 0.25) is 5.91 Å². The summed E-state index contributed by atoms with van der Waals surface area (Å²) in [6.45, 7) is 3.23. The van der Waals surface area contributed by atoms with Gasteiger partial charge in [0.25, 0.3) is 0 Å². The Morgan fingerprint density at radius 1 is 1.20 bits per heavy atom. The van der Waals surface area contributed by atoms with E-state index in [9.17, 15) is 15.2 Å². The van der Waals surface area contributed by atoms with Crippen molar-refractivity contribution in [1.82, 2.24) is 9.97 Å². The zero-order valence-corrected chi connectivity index (χ0v) is 16.9. The molecule has 0 fully saturated rings. The number of benzene rings is 2. The zero-order valence-electron chi connectivity index (χ0n) is 16.9. The summed E-state index contributed by atoms with van der Waals surface area (Å²) >= 11 is 0. The summed E-state index contributed by atoms with van der Waals surface area (Å²) in [6, 6.07) is 13.6. The third kappa shape index (κ3) is 4.39. The van der Waals surface area contributed by atoms with E-state index in [0.29, 0.717) is 11.4 Å². The van der Waals surface area contributed by atoms with Crippen molar-refractivity contribution < 1.29 is 9.90 Å². The van der Waals surface area contributed by atoms with Crippen LogP contribution in [0, 0.1) is 11.3 Å². The number of anilines is 2. The van der Waals surface area contributed by atoms with Crippen LogP contribution >= 0.6 is 0 Å². The Morgan fingerprint density at radius 2 is 2.00 bits per heavy atom. The van der Waals surface area contributed by atoms with E-state index in [4.69, 9.17) is 0 Å². The lowest BCUT2D eigenvalue weighted by atomic mass is 10.0. The van der Waals surface area contributed by atoms with E-state index in [1.807, 2.05) is 24.3 Å². The van der Waals surface area contributed by atoms with Crippen LogP contribution in [-0.4, -0.2) is 32.6 Å². The van der Waals surface area contributed by atoms with Gasteiger partial charge < -0.3 is 15.7 Å². The average Bonchev–Trinajstić information content (AvgIpc) is 3.08. The van der Waals surface area contributed by atoms with Crippen LogP contribution < -0.4 is 10.6 Å². The van der Waals surface area contributed by atoms with Gasteiger partial charge in [-0.3, -0.25) is 4.79 Å². The SMILES string of the molecule is CC(C)(O)CC(=O)Nc1ccc2c(c1)C[C@H](Nc1ncnc3ccc(C#N)cc13)C2. The molecule has 4 rings (SSSR count). The van der Waals surface area contributed by atoms with Crippen molar-refractivity contribution in [3.63, 3.8) is 0 Å². The number of carbonyl (C=O) groups excluding carboxylic acids is 1. The van der Waals surface area contributed by atoms with E-state index >= 15 is 0 Å². The summed E-state index contributed by atoms with van der Waals surface area (Å²) < 4.78 is 0. The predicted octanol–water partition coefficient (Wildman–Crippen LogP) is 3.18. The topological polar surface area (TPSA) is 111 Å². The number of nitrogens with zero attached hydrogens (tertiary/aromatic N) is 3. The predicted molar refractivity (Wildman–Crippen MR) is 115 cm³/mol. The van der Waals surface area contributed by atoms with Gasteiger partial charge in [0.1, 0.15) is 12.1 Å². The lowest BCUT2D eigenvalue weighted by Crippen LogP contribution is -2.27. The van der Waals surface area contributed by atoms with Crippen molar-refractivity contribution >= 4 is 28.3 Å². The Bertz CT molecular complexity index is 1160. The minimum absolute atomic E-state index is 0.0414. The minimum atomic E-state index is -1.04. The van der Waals surface area contributed by atoms with Crippen LogP contribution in [0.2, 0.25) is 0 Å². The Morgan fingerprint density at radius 3 is 2.77 bits per heavy atom. The molecule has 3 aromatic rings. The molecule has 0 bridgehead atoms. The monoisotopic (exact) mass is 401 g/mol. The number of nitrogens with one attached hydrogen (secondary N) is 2. The summed E-state index contributed by atoms with van der Waals surface area (Å²) in [4.78, 5) is 20.8. The first-order valence-corrected chi connectivity index (χ1v) is 9.86. The van der Waals surface area contributed by atoms with Gasteiger partial charge in [-0.25, -0.2) is 9.97 Å². The third-order valence-electron chi connectivity index (χ3n) is 5.12. The number of hydrogen-bond donors (Lipinski definition) is 3. The fourth-order valence-electron chi connectivity index (χ4n) is 3.83. The number of amides is 1. The van der Waals surface area contributed by atoms with Gasteiger partial charge in [-0.15, -0.1) is 0 Å². The normalized spacial score (nSPS) is 15.5. The van der Waals surface area contributed by atoms with Crippen LogP contribution in [0.15, 0.2) is 42.7 Å². The van der Waals surface area contributed by atoms with Gasteiger partial charge >= 0.3 is 0 Å². The van der Waals surface area contributed by atoms with E-state index in [1.54, 1.807) is 26.0 Å². The highest BCUT2D eigenvalue weighted by atomic mass is 16.3. The number of rotatable bonds is 5. The Labute approximate surface area is 174 Å². The Hall–Kier alpha value is -3.50. The summed E-state index contributed by atoms with van der Waals surface area (Å²) in [5, 5.41) is 26.2. The third-order valence-corrected chi connectivity index (χ3v) is 5.12. The van der Waals surface area contributed by atoms with Crippen LogP contribution in [0.3, 0.4) is 0 Å². The molecule has 1 aliphatic rings. The molecule has 152 valence electrons. The van der Waals surface area contributed by atoms with E-state index in [0.717, 1.165) is 29.4 Å². The standard InChI is InChI=1S/C23H23N5O2/c1-23(2,30)11-21(29)27-17-5-4-15-8-18(10-16(15)9-17)28-22-19-7-14(12-24)3-6-20(19)25-13-26-22/h3-7,9,13,18,30H,8,10-11H2,1-2H3,(H,27,29)(H,25,26,28)/t18-/m1/s1. The molecular formula is C23H23N5O2. The highest BCUT2D eigenvalue weighted by Crippen LogP contribution is 2.29. The summed E-state index contributed by atoms with van der Waals surface area (Å²) in [5.41, 5.74) is 3.45. The molecule has 1 atom stereocenters. The first-order chi connectivity index (χ1) is 14.3. The molecule has 0 radical (unpaired) electrons. The Balaban J connectivity index is 1.49. The summed E-state index contributed by atoms with van der Waals surface area (Å²) in [7, 11) is 0. The van der Waals surface area contributed by atoms with Crippen LogP contribution in [0.1, 0.15) is 37.0 Å². The second kappa shape index (κ2) is 7.73. The van der Waals surface area contributed by atoms with E-state index in [2.05, 4.69) is 26.7 Å². The highest BCUT2D eigenvalue weighted by Gasteiger charge is 2.23. The molecule has 3 N–H and O–H groups in total. The van der Waals surface area contributed by atoms with Crippen molar-refractivity contribution in [3.8, 4) is 6.07 Å². The molecular weight excluding hydrogens is 378 g/mol. The second-order valence-electron chi connectivity index (χ2n) is 8.34. The first kappa shape index (κ1) is 19.8. The molecule has 1 amide bonds. The number of carbonyl (C=O) groups is 1. The van der Waals surface area contributed by atoms with Gasteiger partial charge in [-0.05, 0) is 68.1 Å². The molecule has 1 aliphatic carbocycles. The Kier molecular flexibility index (Phi) is 5.10. The molecule has 1 heterocycles. The van der Waals surface area contributed by atoms with E-state index in [-0.39, 0.29) is 18.4 Å². The van der Waals surface area contributed by atoms with Crippen molar-refractivity contribution in [2.75, 3.05) is 10.6 Å². The molecule has 2 aromatic carbocycles. The van der Waals surface area contributed by atoms with Gasteiger partial charge in [0, 0.05) is 17.1 Å². The minimum Gasteiger partial charge on any atom is -0.390 e. The maximum atomic E-state index is 12.1. The number of fused-ring (bicyclic) bond motifs is 2. The number of hydrogen-bond acceptors (Lipinski definition) is 6.